The molecular weight excluding hydrogens is 406 g/mol. The Bertz CT molecular complexity index is 856. The van der Waals surface area contributed by atoms with Crippen molar-refractivity contribution in [1.29, 1.82) is 0 Å². The third-order valence-electron chi connectivity index (χ3n) is 4.99. The van der Waals surface area contributed by atoms with Gasteiger partial charge in [-0.05, 0) is 48.8 Å². The molecule has 4 nitrogen and oxygen atoms in total. The molecule has 0 amide bonds. The first kappa shape index (κ1) is 25.0. The van der Waals surface area contributed by atoms with Crippen molar-refractivity contribution >= 4 is 28.0 Å². The SMILES string of the molecule is C=S(CC(C)C)c1cc(C(=O)O)cc(N(CCCC)CCCC)c1Oc1ccccc1. The van der Waals surface area contributed by atoms with Gasteiger partial charge in [0.15, 0.2) is 5.75 Å². The van der Waals surface area contributed by atoms with Crippen LogP contribution in [0.1, 0.15) is 63.7 Å². The van der Waals surface area contributed by atoms with Crippen molar-refractivity contribution in [2.45, 2.75) is 58.3 Å². The van der Waals surface area contributed by atoms with Crippen LogP contribution in [-0.4, -0.2) is 35.8 Å². The fraction of sp³-hybridized carbons (Fsp3) is 0.462. The van der Waals surface area contributed by atoms with Crippen LogP contribution in [0.5, 0.6) is 11.5 Å². The van der Waals surface area contributed by atoms with Crippen molar-refractivity contribution in [3.05, 3.63) is 48.0 Å². The molecule has 2 aromatic carbocycles. The Hall–Kier alpha value is -2.27. The molecule has 2 aromatic rings. The van der Waals surface area contributed by atoms with Gasteiger partial charge in [-0.3, -0.25) is 0 Å². The van der Waals surface area contributed by atoms with Gasteiger partial charge in [0.25, 0.3) is 0 Å². The van der Waals surface area contributed by atoms with Crippen molar-refractivity contribution in [3.63, 3.8) is 0 Å². The van der Waals surface area contributed by atoms with E-state index in [-0.39, 0.29) is 10.5 Å². The Morgan fingerprint density at radius 3 is 2.23 bits per heavy atom. The number of unbranched alkanes of at least 4 members (excludes halogenated alkanes) is 2. The number of benzene rings is 2. The molecule has 0 aliphatic rings. The van der Waals surface area contributed by atoms with Gasteiger partial charge in [-0.1, -0.05) is 64.6 Å². The van der Waals surface area contributed by atoms with E-state index in [0.717, 1.165) is 66.6 Å². The summed E-state index contributed by atoms with van der Waals surface area (Å²) in [7, 11) is -0.379. The number of aromatic carboxylic acids is 1. The Labute approximate surface area is 190 Å². The van der Waals surface area contributed by atoms with E-state index in [1.165, 1.54) is 0 Å². The third kappa shape index (κ3) is 7.42. The van der Waals surface area contributed by atoms with E-state index in [9.17, 15) is 9.90 Å². The van der Waals surface area contributed by atoms with Gasteiger partial charge in [0.2, 0.25) is 0 Å². The van der Waals surface area contributed by atoms with E-state index in [2.05, 4.69) is 38.5 Å². The lowest BCUT2D eigenvalue weighted by molar-refractivity contribution is 0.0696. The Kier molecular flexibility index (Phi) is 10.1. The average Bonchev–Trinajstić information content (AvgIpc) is 2.74. The van der Waals surface area contributed by atoms with Crippen molar-refractivity contribution in [2.75, 3.05) is 23.7 Å². The predicted octanol–water partition coefficient (Wildman–Crippen LogP) is 7.30. The molecule has 0 fully saturated rings. The van der Waals surface area contributed by atoms with E-state index in [1.807, 2.05) is 30.3 Å². The molecule has 0 aliphatic carbocycles. The zero-order chi connectivity index (χ0) is 22.8. The van der Waals surface area contributed by atoms with Crippen LogP contribution in [0, 0.1) is 5.92 Å². The van der Waals surface area contributed by atoms with Crippen molar-refractivity contribution in [2.24, 2.45) is 5.92 Å². The summed E-state index contributed by atoms with van der Waals surface area (Å²) in [6.45, 7) is 10.4. The summed E-state index contributed by atoms with van der Waals surface area (Å²) in [5, 5.41) is 9.84. The number of rotatable bonds is 13. The second-order valence-electron chi connectivity index (χ2n) is 8.29. The molecule has 1 N–H and O–H groups in total. The molecular formula is C26H37NO3S. The standard InChI is InChI=1S/C26H37NO3S/c1-6-8-15-27(16-9-7-2)23-17-21(26(28)29)18-24(31(5)19-20(3)4)25(23)30-22-13-11-10-12-14-22/h10-14,17-18,20H,5-9,15-16,19H2,1-4H3,(H,28,29). The summed E-state index contributed by atoms with van der Waals surface area (Å²) in [6.07, 6.45) is 4.25. The van der Waals surface area contributed by atoms with E-state index in [1.54, 1.807) is 12.1 Å². The van der Waals surface area contributed by atoms with E-state index in [0.29, 0.717) is 11.5 Å². The molecule has 0 spiro atoms. The molecule has 1 unspecified atom stereocenters. The van der Waals surface area contributed by atoms with Crippen LogP contribution >= 0.6 is 10.5 Å². The minimum Gasteiger partial charge on any atom is -0.478 e. The van der Waals surface area contributed by atoms with Gasteiger partial charge < -0.3 is 14.7 Å². The zero-order valence-corrected chi connectivity index (χ0v) is 20.2. The number of para-hydroxylation sites is 1. The molecule has 0 aliphatic heterocycles. The summed E-state index contributed by atoms with van der Waals surface area (Å²) in [6, 6.07) is 13.3. The highest BCUT2D eigenvalue weighted by Crippen LogP contribution is 2.45. The summed E-state index contributed by atoms with van der Waals surface area (Å²) < 4.78 is 6.45. The van der Waals surface area contributed by atoms with Gasteiger partial charge in [-0.15, -0.1) is 0 Å². The number of hydrogen-bond acceptors (Lipinski definition) is 3. The van der Waals surface area contributed by atoms with E-state index >= 15 is 0 Å². The maximum atomic E-state index is 12.0. The van der Waals surface area contributed by atoms with Crippen LogP contribution in [0.4, 0.5) is 5.69 Å². The largest absolute Gasteiger partial charge is 0.478 e. The van der Waals surface area contributed by atoms with Crippen molar-refractivity contribution < 1.29 is 14.6 Å². The predicted molar refractivity (Wildman–Crippen MR) is 135 cm³/mol. The molecule has 170 valence electrons. The number of anilines is 1. The number of carboxylic acids is 1. The minimum absolute atomic E-state index is 0.299. The van der Waals surface area contributed by atoms with Crippen LogP contribution in [0.3, 0.4) is 0 Å². The molecule has 0 radical (unpaired) electrons. The lowest BCUT2D eigenvalue weighted by Gasteiger charge is -2.29. The lowest BCUT2D eigenvalue weighted by atomic mass is 10.1. The molecule has 0 saturated heterocycles. The van der Waals surface area contributed by atoms with Crippen molar-refractivity contribution in [3.8, 4) is 11.5 Å². The fourth-order valence-electron chi connectivity index (χ4n) is 3.41. The van der Waals surface area contributed by atoms with Crippen LogP contribution < -0.4 is 9.64 Å². The topological polar surface area (TPSA) is 49.8 Å². The quantitative estimate of drug-likeness (QED) is 0.330. The van der Waals surface area contributed by atoms with Crippen LogP contribution in [0.2, 0.25) is 0 Å². The number of carbonyl (C=O) groups is 1. The Morgan fingerprint density at radius 1 is 1.10 bits per heavy atom. The zero-order valence-electron chi connectivity index (χ0n) is 19.4. The second-order valence-corrected chi connectivity index (χ2v) is 10.0. The molecule has 5 heteroatoms. The third-order valence-corrected chi connectivity index (χ3v) is 6.99. The minimum atomic E-state index is -0.916. The summed E-state index contributed by atoms with van der Waals surface area (Å²) in [5.74, 6) is 6.34. The lowest BCUT2D eigenvalue weighted by Crippen LogP contribution is -2.26. The summed E-state index contributed by atoms with van der Waals surface area (Å²) >= 11 is 0. The van der Waals surface area contributed by atoms with Gasteiger partial charge in [0, 0.05) is 18.0 Å². The number of ether oxygens (including phenoxy) is 1. The fourth-order valence-corrected chi connectivity index (χ4v) is 5.10. The van der Waals surface area contributed by atoms with Gasteiger partial charge in [-0.2, -0.15) is 10.5 Å². The Morgan fingerprint density at radius 2 is 1.71 bits per heavy atom. The number of carboxylic acid groups (broad SMARTS) is 1. The molecule has 2 rings (SSSR count). The first-order chi connectivity index (χ1) is 14.9. The van der Waals surface area contributed by atoms with Gasteiger partial charge >= 0.3 is 5.97 Å². The molecule has 0 heterocycles. The average molecular weight is 444 g/mol. The smallest absolute Gasteiger partial charge is 0.335 e. The van der Waals surface area contributed by atoms with Crippen LogP contribution in [0.15, 0.2) is 47.4 Å². The number of hydrogen-bond donors (Lipinski definition) is 1. The normalized spacial score (nSPS) is 12.0. The summed E-state index contributed by atoms with van der Waals surface area (Å²) in [4.78, 5) is 15.2. The Balaban J connectivity index is 2.68. The van der Waals surface area contributed by atoms with Crippen LogP contribution in [0.25, 0.3) is 0 Å². The van der Waals surface area contributed by atoms with Gasteiger partial charge in [0.05, 0.1) is 11.3 Å². The highest BCUT2D eigenvalue weighted by Gasteiger charge is 2.22. The molecule has 31 heavy (non-hydrogen) atoms. The molecule has 0 saturated carbocycles. The second kappa shape index (κ2) is 12.6. The highest BCUT2D eigenvalue weighted by molar-refractivity contribution is 8.14. The first-order valence-electron chi connectivity index (χ1n) is 11.3. The first-order valence-corrected chi connectivity index (χ1v) is 12.8. The maximum Gasteiger partial charge on any atom is 0.335 e. The van der Waals surface area contributed by atoms with Gasteiger partial charge in [0.1, 0.15) is 5.75 Å². The van der Waals surface area contributed by atoms with E-state index < -0.39 is 5.97 Å². The monoisotopic (exact) mass is 443 g/mol. The molecule has 1 atom stereocenters. The summed E-state index contributed by atoms with van der Waals surface area (Å²) in [5.41, 5.74) is 1.17. The van der Waals surface area contributed by atoms with E-state index in [4.69, 9.17) is 4.74 Å². The highest BCUT2D eigenvalue weighted by atomic mass is 32.2. The maximum absolute atomic E-state index is 12.0. The van der Waals surface area contributed by atoms with Gasteiger partial charge in [-0.25, -0.2) is 4.79 Å². The van der Waals surface area contributed by atoms with Crippen LogP contribution in [-0.2, 0) is 0 Å². The molecule has 0 bridgehead atoms. The van der Waals surface area contributed by atoms with Crippen molar-refractivity contribution in [1.82, 2.24) is 0 Å². The molecule has 0 aromatic heterocycles. The number of nitrogens with zero attached hydrogens (tertiary/aromatic N) is 1.